The molecule has 0 heterocycles. The standard InChI is InChI=1S/C15H16O.C2H6/c1-4-6-13(5-2)8-9-14-11-15(16)10-7-12(14)3;1-2/h4-11,16H,1-2H2,3H3;1-2H3/b9-8+,13-6+;. The molecule has 1 N–H and O–H groups in total. The van der Waals surface area contributed by atoms with Gasteiger partial charge in [0.25, 0.3) is 0 Å². The normalized spacial score (nSPS) is 10.7. The highest BCUT2D eigenvalue weighted by Gasteiger charge is 1.95. The lowest BCUT2D eigenvalue weighted by atomic mass is 10.1. The second-order valence-corrected chi connectivity index (χ2v) is 3.48. The predicted molar refractivity (Wildman–Crippen MR) is 81.7 cm³/mol. The van der Waals surface area contributed by atoms with Crippen LogP contribution in [0, 0.1) is 6.92 Å². The Morgan fingerprint density at radius 3 is 2.44 bits per heavy atom. The van der Waals surface area contributed by atoms with Gasteiger partial charge in [0.15, 0.2) is 0 Å². The minimum Gasteiger partial charge on any atom is -0.508 e. The van der Waals surface area contributed by atoms with E-state index in [1.807, 2.05) is 45.1 Å². The van der Waals surface area contributed by atoms with Crippen LogP contribution in [0.15, 0.2) is 61.2 Å². The highest BCUT2D eigenvalue weighted by molar-refractivity contribution is 5.59. The summed E-state index contributed by atoms with van der Waals surface area (Å²) in [6.45, 7) is 13.4. The Kier molecular flexibility index (Phi) is 8.04. The van der Waals surface area contributed by atoms with E-state index in [-0.39, 0.29) is 5.75 Å². The fourth-order valence-corrected chi connectivity index (χ4v) is 1.32. The van der Waals surface area contributed by atoms with E-state index in [0.29, 0.717) is 0 Å². The average Bonchev–Trinajstić information content (AvgIpc) is 2.40. The molecule has 0 bridgehead atoms. The number of aryl methyl sites for hydroxylation is 1. The summed E-state index contributed by atoms with van der Waals surface area (Å²) < 4.78 is 0. The van der Waals surface area contributed by atoms with Crippen molar-refractivity contribution in [3.63, 3.8) is 0 Å². The molecule has 0 atom stereocenters. The average molecular weight is 242 g/mol. The van der Waals surface area contributed by atoms with Gasteiger partial charge in [-0.25, -0.2) is 0 Å². The first-order valence-electron chi connectivity index (χ1n) is 6.10. The monoisotopic (exact) mass is 242 g/mol. The van der Waals surface area contributed by atoms with Crippen molar-refractivity contribution in [2.75, 3.05) is 0 Å². The first-order chi connectivity index (χ1) is 8.67. The van der Waals surface area contributed by atoms with Crippen molar-refractivity contribution in [2.24, 2.45) is 0 Å². The van der Waals surface area contributed by atoms with Crippen molar-refractivity contribution in [1.29, 1.82) is 0 Å². The molecule has 0 unspecified atom stereocenters. The summed E-state index contributed by atoms with van der Waals surface area (Å²) in [5.74, 6) is 0.276. The van der Waals surface area contributed by atoms with E-state index in [0.717, 1.165) is 16.7 Å². The van der Waals surface area contributed by atoms with Crippen molar-refractivity contribution >= 4 is 6.08 Å². The van der Waals surface area contributed by atoms with Crippen LogP contribution in [0.4, 0.5) is 0 Å². The molecule has 0 aliphatic carbocycles. The molecule has 96 valence electrons. The lowest BCUT2D eigenvalue weighted by Gasteiger charge is -2.01. The van der Waals surface area contributed by atoms with Crippen LogP contribution in [-0.2, 0) is 0 Å². The largest absolute Gasteiger partial charge is 0.508 e. The quantitative estimate of drug-likeness (QED) is 0.733. The summed E-state index contributed by atoms with van der Waals surface area (Å²) >= 11 is 0. The maximum atomic E-state index is 9.38. The number of rotatable bonds is 4. The first kappa shape index (κ1) is 16.0. The first-order valence-corrected chi connectivity index (χ1v) is 6.10. The van der Waals surface area contributed by atoms with Gasteiger partial charge in [0.05, 0.1) is 0 Å². The molecule has 18 heavy (non-hydrogen) atoms. The van der Waals surface area contributed by atoms with Gasteiger partial charge < -0.3 is 5.11 Å². The third kappa shape index (κ3) is 5.35. The van der Waals surface area contributed by atoms with Crippen LogP contribution in [0.3, 0.4) is 0 Å². The summed E-state index contributed by atoms with van der Waals surface area (Å²) in [5, 5.41) is 9.38. The zero-order valence-corrected chi connectivity index (χ0v) is 11.5. The van der Waals surface area contributed by atoms with Gasteiger partial charge in [-0.1, -0.05) is 63.5 Å². The van der Waals surface area contributed by atoms with Crippen molar-refractivity contribution in [2.45, 2.75) is 20.8 Å². The number of benzene rings is 1. The van der Waals surface area contributed by atoms with Gasteiger partial charge in [-0.3, -0.25) is 0 Å². The maximum absolute atomic E-state index is 9.38. The Morgan fingerprint density at radius 1 is 1.22 bits per heavy atom. The molecule has 1 aromatic rings. The van der Waals surface area contributed by atoms with Crippen molar-refractivity contribution in [1.82, 2.24) is 0 Å². The van der Waals surface area contributed by atoms with Gasteiger partial charge in [-0.15, -0.1) is 0 Å². The van der Waals surface area contributed by atoms with E-state index < -0.39 is 0 Å². The Labute approximate surface area is 110 Å². The highest BCUT2D eigenvalue weighted by atomic mass is 16.3. The zero-order chi connectivity index (χ0) is 14.0. The molecule has 0 spiro atoms. The summed E-state index contributed by atoms with van der Waals surface area (Å²) in [7, 11) is 0. The third-order valence-electron chi connectivity index (χ3n) is 2.26. The molecule has 0 aromatic heterocycles. The fraction of sp³-hybridized carbons (Fsp3) is 0.176. The molecule has 1 heteroatoms. The summed E-state index contributed by atoms with van der Waals surface area (Å²) in [6.07, 6.45) is 9.25. The molecule has 0 saturated heterocycles. The summed E-state index contributed by atoms with van der Waals surface area (Å²) in [5.41, 5.74) is 3.10. The molecular formula is C17H22O. The van der Waals surface area contributed by atoms with Gasteiger partial charge in [0, 0.05) is 0 Å². The molecule has 1 nitrogen and oxygen atoms in total. The number of aromatic hydroxyl groups is 1. The molecule has 0 fully saturated rings. The molecular weight excluding hydrogens is 220 g/mol. The van der Waals surface area contributed by atoms with E-state index in [2.05, 4.69) is 13.2 Å². The van der Waals surface area contributed by atoms with Crippen LogP contribution >= 0.6 is 0 Å². The number of hydrogen-bond acceptors (Lipinski definition) is 1. The number of phenolic OH excluding ortho intramolecular Hbond substituents is 1. The Bertz CT molecular complexity index is 451. The van der Waals surface area contributed by atoms with Crippen molar-refractivity contribution in [3.05, 3.63) is 72.4 Å². The Morgan fingerprint density at radius 2 is 1.89 bits per heavy atom. The number of phenols is 1. The van der Waals surface area contributed by atoms with Crippen LogP contribution in [0.5, 0.6) is 5.75 Å². The van der Waals surface area contributed by atoms with Crippen LogP contribution in [0.1, 0.15) is 25.0 Å². The minimum atomic E-state index is 0.276. The van der Waals surface area contributed by atoms with E-state index in [9.17, 15) is 5.11 Å². The Balaban J connectivity index is 0.00000137. The lowest BCUT2D eigenvalue weighted by Crippen LogP contribution is -1.79. The van der Waals surface area contributed by atoms with Crippen molar-refractivity contribution in [3.8, 4) is 5.75 Å². The molecule has 1 rings (SSSR count). The summed E-state index contributed by atoms with van der Waals surface area (Å²) in [4.78, 5) is 0. The van der Waals surface area contributed by atoms with E-state index in [1.54, 1.807) is 24.3 Å². The summed E-state index contributed by atoms with van der Waals surface area (Å²) in [6, 6.07) is 5.31. The van der Waals surface area contributed by atoms with E-state index in [1.165, 1.54) is 0 Å². The highest BCUT2D eigenvalue weighted by Crippen LogP contribution is 2.18. The van der Waals surface area contributed by atoms with Crippen LogP contribution in [-0.4, -0.2) is 5.11 Å². The molecule has 0 radical (unpaired) electrons. The van der Waals surface area contributed by atoms with E-state index in [4.69, 9.17) is 0 Å². The topological polar surface area (TPSA) is 20.2 Å². The molecule has 0 aliphatic heterocycles. The van der Waals surface area contributed by atoms with Crippen molar-refractivity contribution < 1.29 is 5.11 Å². The van der Waals surface area contributed by atoms with Gasteiger partial charge in [0.2, 0.25) is 0 Å². The fourth-order valence-electron chi connectivity index (χ4n) is 1.32. The second kappa shape index (κ2) is 9.06. The molecule has 1 aromatic carbocycles. The minimum absolute atomic E-state index is 0.276. The van der Waals surface area contributed by atoms with Gasteiger partial charge in [-0.2, -0.15) is 0 Å². The van der Waals surface area contributed by atoms with E-state index >= 15 is 0 Å². The van der Waals surface area contributed by atoms with Gasteiger partial charge in [-0.05, 0) is 35.8 Å². The molecule has 0 saturated carbocycles. The second-order valence-electron chi connectivity index (χ2n) is 3.48. The third-order valence-corrected chi connectivity index (χ3v) is 2.26. The number of allylic oxidation sites excluding steroid dienone is 5. The molecule has 0 amide bonds. The zero-order valence-electron chi connectivity index (χ0n) is 11.5. The maximum Gasteiger partial charge on any atom is 0.116 e. The SMILES string of the molecule is C=C/C=C(C=C)/C=C/c1cc(O)ccc1C.CC. The predicted octanol–water partition coefficient (Wildman–Crippen LogP) is 5.04. The smallest absolute Gasteiger partial charge is 0.116 e. The van der Waals surface area contributed by atoms with Gasteiger partial charge in [0.1, 0.15) is 5.75 Å². The number of hydrogen-bond donors (Lipinski definition) is 1. The molecule has 0 aliphatic rings. The lowest BCUT2D eigenvalue weighted by molar-refractivity contribution is 0.475. The van der Waals surface area contributed by atoms with Gasteiger partial charge >= 0.3 is 0 Å². The van der Waals surface area contributed by atoms with Crippen LogP contribution < -0.4 is 0 Å². The Hall–Kier alpha value is -2.02. The van der Waals surface area contributed by atoms with Crippen LogP contribution in [0.2, 0.25) is 0 Å². The van der Waals surface area contributed by atoms with Crippen LogP contribution in [0.25, 0.3) is 6.08 Å².